The van der Waals surface area contributed by atoms with Gasteiger partial charge in [0.05, 0.1) is 18.0 Å². The van der Waals surface area contributed by atoms with Crippen LogP contribution in [-0.2, 0) is 14.8 Å². The average molecular weight is 394 g/mol. The Balaban J connectivity index is 2.25. The van der Waals surface area contributed by atoms with E-state index in [0.29, 0.717) is 11.4 Å². The molecular weight excluding hydrogens is 371 g/mol. The number of nitrogens with one attached hydrogen (secondary N) is 1. The van der Waals surface area contributed by atoms with Crippen LogP contribution in [0.4, 0.5) is 15.8 Å². The Hall–Kier alpha value is -2.61. The van der Waals surface area contributed by atoms with Crippen LogP contribution in [0.15, 0.2) is 48.5 Å². The number of amides is 1. The molecule has 146 valence electrons. The highest BCUT2D eigenvalue weighted by Gasteiger charge is 2.29. The molecule has 0 aliphatic heterocycles. The minimum atomic E-state index is -3.81. The second-order valence-corrected chi connectivity index (χ2v) is 8.26. The Labute approximate surface area is 159 Å². The van der Waals surface area contributed by atoms with Crippen LogP contribution >= 0.6 is 0 Å². The monoisotopic (exact) mass is 394 g/mol. The molecule has 0 fully saturated rings. The molecule has 0 bridgehead atoms. The van der Waals surface area contributed by atoms with Crippen molar-refractivity contribution in [1.29, 1.82) is 0 Å². The molecule has 0 aliphatic carbocycles. The second-order valence-electron chi connectivity index (χ2n) is 6.40. The van der Waals surface area contributed by atoms with E-state index in [2.05, 4.69) is 5.32 Å². The zero-order chi connectivity index (χ0) is 20.2. The van der Waals surface area contributed by atoms with Crippen LogP contribution in [0.2, 0.25) is 0 Å². The molecule has 0 aliphatic rings. The zero-order valence-electron chi connectivity index (χ0n) is 15.6. The molecule has 0 saturated heterocycles. The number of ether oxygens (including phenoxy) is 1. The molecule has 2 aromatic carbocycles. The van der Waals surface area contributed by atoms with Crippen molar-refractivity contribution >= 4 is 27.3 Å². The van der Waals surface area contributed by atoms with Gasteiger partial charge in [-0.2, -0.15) is 0 Å². The lowest BCUT2D eigenvalue weighted by Crippen LogP contribution is -2.45. The highest BCUT2D eigenvalue weighted by molar-refractivity contribution is 7.92. The van der Waals surface area contributed by atoms with Crippen molar-refractivity contribution in [3.63, 3.8) is 0 Å². The number of anilines is 2. The van der Waals surface area contributed by atoms with Crippen molar-refractivity contribution in [2.45, 2.75) is 32.9 Å². The summed E-state index contributed by atoms with van der Waals surface area (Å²) in [6.07, 6.45) is 0.947. The van der Waals surface area contributed by atoms with Gasteiger partial charge < -0.3 is 10.1 Å². The van der Waals surface area contributed by atoms with Crippen LogP contribution in [0.5, 0.6) is 5.75 Å². The van der Waals surface area contributed by atoms with E-state index >= 15 is 0 Å². The highest BCUT2D eigenvalue weighted by atomic mass is 32.2. The predicted octanol–water partition coefficient (Wildman–Crippen LogP) is 3.41. The van der Waals surface area contributed by atoms with E-state index in [0.717, 1.165) is 16.6 Å². The fourth-order valence-corrected chi connectivity index (χ4v) is 3.75. The topological polar surface area (TPSA) is 75.7 Å². The fourth-order valence-electron chi connectivity index (χ4n) is 2.59. The van der Waals surface area contributed by atoms with Crippen LogP contribution in [0, 0.1) is 5.82 Å². The molecule has 1 N–H and O–H groups in total. The molecule has 0 saturated carbocycles. The van der Waals surface area contributed by atoms with Gasteiger partial charge in [-0.15, -0.1) is 0 Å². The number of nitrogens with zero attached hydrogens (tertiary/aromatic N) is 1. The van der Waals surface area contributed by atoms with Crippen LogP contribution < -0.4 is 14.4 Å². The number of benzene rings is 2. The maximum absolute atomic E-state index is 13.5. The van der Waals surface area contributed by atoms with Gasteiger partial charge in [0.2, 0.25) is 15.9 Å². The molecule has 0 radical (unpaired) electrons. The fraction of sp³-hybridized carbons (Fsp3) is 0.316. The van der Waals surface area contributed by atoms with E-state index in [9.17, 15) is 17.6 Å². The van der Waals surface area contributed by atoms with Gasteiger partial charge in [0, 0.05) is 11.8 Å². The summed E-state index contributed by atoms with van der Waals surface area (Å²) < 4.78 is 44.5. The van der Waals surface area contributed by atoms with Crippen molar-refractivity contribution in [1.82, 2.24) is 0 Å². The summed E-state index contributed by atoms with van der Waals surface area (Å²) in [4.78, 5) is 12.6. The van der Waals surface area contributed by atoms with Gasteiger partial charge in [-0.25, -0.2) is 12.8 Å². The largest absolute Gasteiger partial charge is 0.491 e. The first-order valence-electron chi connectivity index (χ1n) is 8.40. The molecule has 2 rings (SSSR count). The minimum absolute atomic E-state index is 0.0245. The summed E-state index contributed by atoms with van der Waals surface area (Å²) in [6.45, 7) is 5.21. The first-order valence-corrected chi connectivity index (χ1v) is 10.3. The number of sulfonamides is 1. The lowest BCUT2D eigenvalue weighted by molar-refractivity contribution is -0.116. The van der Waals surface area contributed by atoms with Gasteiger partial charge in [-0.1, -0.05) is 12.1 Å². The Kier molecular flexibility index (Phi) is 6.43. The van der Waals surface area contributed by atoms with Gasteiger partial charge in [0.1, 0.15) is 17.6 Å². The van der Waals surface area contributed by atoms with Gasteiger partial charge >= 0.3 is 0 Å². The van der Waals surface area contributed by atoms with Crippen molar-refractivity contribution in [3.8, 4) is 5.75 Å². The summed E-state index contributed by atoms with van der Waals surface area (Å²) in [5, 5.41) is 2.67. The van der Waals surface area contributed by atoms with Gasteiger partial charge in [0.25, 0.3) is 0 Å². The maximum Gasteiger partial charge on any atom is 0.247 e. The molecular formula is C19H23FN2O4S. The molecule has 1 atom stereocenters. The van der Waals surface area contributed by atoms with E-state index in [1.54, 1.807) is 24.3 Å². The zero-order valence-corrected chi connectivity index (χ0v) is 16.5. The number of hydrogen-bond acceptors (Lipinski definition) is 4. The quantitative estimate of drug-likeness (QED) is 0.781. The lowest BCUT2D eigenvalue weighted by atomic mass is 10.2. The van der Waals surface area contributed by atoms with Gasteiger partial charge in [-0.05, 0) is 51.1 Å². The SMILES string of the molecule is CC(C)Oc1cccc(NC(=O)[C@@H](C)N(c2cccc(F)c2)S(C)(=O)=O)c1. The number of rotatable bonds is 7. The highest BCUT2D eigenvalue weighted by Crippen LogP contribution is 2.23. The van der Waals surface area contributed by atoms with Crippen LogP contribution in [0.25, 0.3) is 0 Å². The Morgan fingerprint density at radius 1 is 1.11 bits per heavy atom. The van der Waals surface area contributed by atoms with Crippen molar-refractivity contribution in [2.24, 2.45) is 0 Å². The summed E-state index contributed by atoms with van der Waals surface area (Å²) in [7, 11) is -3.81. The first-order chi connectivity index (χ1) is 12.6. The molecule has 0 spiro atoms. The van der Waals surface area contributed by atoms with Crippen LogP contribution in [0.3, 0.4) is 0 Å². The summed E-state index contributed by atoms with van der Waals surface area (Å²) in [6, 6.07) is 10.8. The Bertz CT molecular complexity index is 915. The summed E-state index contributed by atoms with van der Waals surface area (Å²) >= 11 is 0. The van der Waals surface area contributed by atoms with Crippen LogP contribution in [-0.4, -0.2) is 32.7 Å². The van der Waals surface area contributed by atoms with Crippen molar-refractivity contribution < 1.29 is 22.3 Å². The van der Waals surface area contributed by atoms with Crippen molar-refractivity contribution in [2.75, 3.05) is 15.9 Å². The van der Waals surface area contributed by atoms with Crippen LogP contribution in [0.1, 0.15) is 20.8 Å². The van der Waals surface area contributed by atoms with E-state index in [4.69, 9.17) is 4.74 Å². The van der Waals surface area contributed by atoms with E-state index < -0.39 is 27.8 Å². The summed E-state index contributed by atoms with van der Waals surface area (Å²) in [5.74, 6) is -0.556. The second kappa shape index (κ2) is 8.39. The average Bonchev–Trinajstić information content (AvgIpc) is 2.53. The Morgan fingerprint density at radius 3 is 2.37 bits per heavy atom. The minimum Gasteiger partial charge on any atom is -0.491 e. The van der Waals surface area contributed by atoms with Gasteiger partial charge in [0.15, 0.2) is 0 Å². The van der Waals surface area contributed by atoms with Gasteiger partial charge in [-0.3, -0.25) is 9.10 Å². The standard InChI is InChI=1S/C19H23FN2O4S/c1-13(2)26-18-10-6-8-16(12-18)21-19(23)14(3)22(27(4,24)25)17-9-5-7-15(20)11-17/h5-14H,1-4H3,(H,21,23)/t14-/m1/s1. The molecule has 27 heavy (non-hydrogen) atoms. The number of carbonyl (C=O) groups excluding carboxylic acids is 1. The molecule has 2 aromatic rings. The lowest BCUT2D eigenvalue weighted by Gasteiger charge is -2.28. The van der Waals surface area contributed by atoms with E-state index in [1.807, 2.05) is 13.8 Å². The molecule has 0 heterocycles. The molecule has 8 heteroatoms. The smallest absolute Gasteiger partial charge is 0.247 e. The van der Waals surface area contributed by atoms with E-state index in [-0.39, 0.29) is 11.8 Å². The maximum atomic E-state index is 13.5. The molecule has 1 amide bonds. The molecule has 0 unspecified atom stereocenters. The first kappa shape index (κ1) is 20.7. The molecule has 6 nitrogen and oxygen atoms in total. The Morgan fingerprint density at radius 2 is 1.78 bits per heavy atom. The predicted molar refractivity (Wildman–Crippen MR) is 104 cm³/mol. The van der Waals surface area contributed by atoms with Crippen molar-refractivity contribution in [3.05, 3.63) is 54.3 Å². The number of hydrogen-bond donors (Lipinski definition) is 1. The number of halogens is 1. The molecule has 0 aromatic heterocycles. The summed E-state index contributed by atoms with van der Waals surface area (Å²) in [5.41, 5.74) is 0.551. The third-order valence-corrected chi connectivity index (χ3v) is 4.87. The number of carbonyl (C=O) groups is 1. The normalized spacial score (nSPS) is 12.5. The van der Waals surface area contributed by atoms with E-state index in [1.165, 1.54) is 25.1 Å². The third-order valence-electron chi connectivity index (χ3n) is 3.62. The third kappa shape index (κ3) is 5.68.